The highest BCUT2D eigenvalue weighted by atomic mass is 16.3. The van der Waals surface area contributed by atoms with Gasteiger partial charge >= 0.3 is 0 Å². The van der Waals surface area contributed by atoms with Gasteiger partial charge in [0.05, 0.1) is 16.8 Å². The van der Waals surface area contributed by atoms with Gasteiger partial charge in [0.1, 0.15) is 0 Å². The molecule has 0 aliphatic rings. The van der Waals surface area contributed by atoms with Crippen LogP contribution in [0.2, 0.25) is 0 Å². The summed E-state index contributed by atoms with van der Waals surface area (Å²) in [6.45, 7) is 0. The highest BCUT2D eigenvalue weighted by molar-refractivity contribution is 6.00. The van der Waals surface area contributed by atoms with Gasteiger partial charge in [-0.1, -0.05) is 24.3 Å². The van der Waals surface area contributed by atoms with Crippen molar-refractivity contribution in [2.75, 3.05) is 5.73 Å². The van der Waals surface area contributed by atoms with E-state index in [1.807, 2.05) is 48.5 Å². The first kappa shape index (κ1) is 11.8. The molecule has 2 heterocycles. The van der Waals surface area contributed by atoms with Crippen LogP contribution in [0.4, 0.5) is 5.69 Å². The van der Waals surface area contributed by atoms with Gasteiger partial charge in [0, 0.05) is 22.0 Å². The molecule has 2 aromatic carbocycles. The van der Waals surface area contributed by atoms with Crippen molar-refractivity contribution >= 4 is 27.5 Å². The number of nitrogen functional groups attached to an aromatic ring is 1. The van der Waals surface area contributed by atoms with Crippen LogP contribution in [-0.4, -0.2) is 15.1 Å². The fraction of sp³-hybridized carbons (Fsp3) is 0. The zero-order chi connectivity index (χ0) is 14.4. The largest absolute Gasteiger partial charge is 0.494 e. The van der Waals surface area contributed by atoms with Crippen molar-refractivity contribution in [2.45, 2.75) is 0 Å². The minimum absolute atomic E-state index is 0.110. The topological polar surface area (TPSA) is 74.9 Å². The Kier molecular flexibility index (Phi) is 2.38. The predicted octanol–water partition coefficient (Wildman–Crippen LogP) is 3.67. The average molecular weight is 275 g/mol. The molecule has 0 radical (unpaired) electrons. The van der Waals surface area contributed by atoms with Crippen LogP contribution in [0.15, 0.2) is 54.6 Å². The van der Waals surface area contributed by atoms with E-state index in [-0.39, 0.29) is 5.88 Å². The molecule has 0 aliphatic heterocycles. The maximum Gasteiger partial charge on any atom is 0.199 e. The molecule has 0 saturated carbocycles. The summed E-state index contributed by atoms with van der Waals surface area (Å²) in [6.07, 6.45) is 0. The summed E-state index contributed by atoms with van der Waals surface area (Å²) in [4.78, 5) is 7.60. The summed E-state index contributed by atoms with van der Waals surface area (Å²) in [7, 11) is 0. The van der Waals surface area contributed by atoms with Gasteiger partial charge in [0.25, 0.3) is 0 Å². The van der Waals surface area contributed by atoms with E-state index in [1.54, 1.807) is 6.07 Å². The number of benzene rings is 2. The first-order valence-corrected chi connectivity index (χ1v) is 6.69. The summed E-state index contributed by atoms with van der Waals surface area (Å²) in [5.41, 5.74) is 9.65. The third-order valence-corrected chi connectivity index (χ3v) is 3.66. The van der Waals surface area contributed by atoms with E-state index in [4.69, 9.17) is 5.73 Å². The Bertz CT molecular complexity index is 972. The number of aromatic amines is 1. The molecule has 0 bridgehead atoms. The molecule has 4 rings (SSSR count). The second-order valence-corrected chi connectivity index (χ2v) is 5.04. The van der Waals surface area contributed by atoms with Gasteiger partial charge in [-0.25, -0.2) is 4.98 Å². The highest BCUT2D eigenvalue weighted by Gasteiger charge is 2.14. The van der Waals surface area contributed by atoms with Crippen LogP contribution < -0.4 is 5.73 Å². The lowest BCUT2D eigenvalue weighted by atomic mass is 10.1. The van der Waals surface area contributed by atoms with Crippen LogP contribution in [-0.2, 0) is 0 Å². The van der Waals surface area contributed by atoms with E-state index in [9.17, 15) is 5.11 Å². The Labute approximate surface area is 120 Å². The number of hydrogen-bond donors (Lipinski definition) is 3. The molecule has 0 unspecified atom stereocenters. The Balaban J connectivity index is 2.03. The van der Waals surface area contributed by atoms with E-state index >= 15 is 0 Å². The third-order valence-electron chi connectivity index (χ3n) is 3.66. The average Bonchev–Trinajstić information content (AvgIpc) is 2.82. The standard InChI is InChI=1S/C17H13N3O/c18-11-6-8-14-12(9-11)16(17(21)20-14)15-7-5-10-3-1-2-4-13(10)19-15/h1-9,20-21H,18H2. The Hall–Kier alpha value is -3.01. The van der Waals surface area contributed by atoms with Crippen LogP contribution >= 0.6 is 0 Å². The van der Waals surface area contributed by atoms with Crippen LogP contribution in [0.5, 0.6) is 5.88 Å². The number of pyridine rings is 1. The summed E-state index contributed by atoms with van der Waals surface area (Å²) in [6, 6.07) is 17.3. The Morgan fingerprint density at radius 1 is 1.00 bits per heavy atom. The SMILES string of the molecule is Nc1ccc2[nH]c(O)c(-c3ccc4ccccc4n3)c2c1. The number of aromatic hydroxyl groups is 1. The molecule has 0 saturated heterocycles. The zero-order valence-corrected chi connectivity index (χ0v) is 11.2. The highest BCUT2D eigenvalue weighted by Crippen LogP contribution is 2.37. The van der Waals surface area contributed by atoms with E-state index in [2.05, 4.69) is 9.97 Å². The zero-order valence-electron chi connectivity index (χ0n) is 11.2. The van der Waals surface area contributed by atoms with Gasteiger partial charge in [-0.15, -0.1) is 0 Å². The fourth-order valence-electron chi connectivity index (χ4n) is 2.66. The van der Waals surface area contributed by atoms with Crippen LogP contribution in [0, 0.1) is 0 Å². The number of nitrogens with two attached hydrogens (primary N) is 1. The first-order chi connectivity index (χ1) is 10.2. The van der Waals surface area contributed by atoms with Crippen molar-refractivity contribution in [1.29, 1.82) is 0 Å². The summed E-state index contributed by atoms with van der Waals surface area (Å²) in [5.74, 6) is 0.110. The molecule has 0 amide bonds. The van der Waals surface area contributed by atoms with Gasteiger partial charge in [-0.2, -0.15) is 0 Å². The van der Waals surface area contributed by atoms with Crippen LogP contribution in [0.1, 0.15) is 0 Å². The monoisotopic (exact) mass is 275 g/mol. The van der Waals surface area contributed by atoms with Gasteiger partial charge in [-0.05, 0) is 30.3 Å². The predicted molar refractivity (Wildman–Crippen MR) is 85.1 cm³/mol. The second-order valence-electron chi connectivity index (χ2n) is 5.04. The van der Waals surface area contributed by atoms with E-state index in [1.165, 1.54) is 0 Å². The quantitative estimate of drug-likeness (QED) is 0.464. The summed E-state index contributed by atoms with van der Waals surface area (Å²) in [5, 5.41) is 12.2. The number of aromatic nitrogens is 2. The summed E-state index contributed by atoms with van der Waals surface area (Å²) >= 11 is 0. The molecule has 4 N–H and O–H groups in total. The number of nitrogens with zero attached hydrogens (tertiary/aromatic N) is 1. The van der Waals surface area contributed by atoms with E-state index in [0.717, 1.165) is 27.5 Å². The fourth-order valence-corrected chi connectivity index (χ4v) is 2.66. The number of fused-ring (bicyclic) bond motifs is 2. The van der Waals surface area contributed by atoms with Crippen molar-refractivity contribution in [3.63, 3.8) is 0 Å². The molecule has 2 aromatic heterocycles. The third kappa shape index (κ3) is 1.80. The number of H-pyrrole nitrogens is 1. The van der Waals surface area contributed by atoms with Gasteiger partial charge < -0.3 is 15.8 Å². The number of para-hydroxylation sites is 1. The first-order valence-electron chi connectivity index (χ1n) is 6.69. The molecule has 4 heteroatoms. The second kappa shape index (κ2) is 4.24. The van der Waals surface area contributed by atoms with Crippen molar-refractivity contribution in [2.24, 2.45) is 0 Å². The lowest BCUT2D eigenvalue weighted by Gasteiger charge is -2.03. The lowest BCUT2D eigenvalue weighted by Crippen LogP contribution is -1.86. The molecule has 21 heavy (non-hydrogen) atoms. The van der Waals surface area contributed by atoms with Crippen molar-refractivity contribution < 1.29 is 5.11 Å². The van der Waals surface area contributed by atoms with Gasteiger partial charge in [0.15, 0.2) is 5.88 Å². The molecular formula is C17H13N3O. The van der Waals surface area contributed by atoms with Crippen LogP contribution in [0.3, 0.4) is 0 Å². The molecule has 0 spiro atoms. The number of hydrogen-bond acceptors (Lipinski definition) is 3. The normalized spacial score (nSPS) is 11.2. The molecule has 0 aliphatic carbocycles. The number of anilines is 1. The maximum atomic E-state index is 10.2. The molecule has 0 fully saturated rings. The number of rotatable bonds is 1. The number of nitrogens with one attached hydrogen (secondary N) is 1. The van der Waals surface area contributed by atoms with Gasteiger partial charge in [-0.3, -0.25) is 0 Å². The van der Waals surface area contributed by atoms with Crippen molar-refractivity contribution in [1.82, 2.24) is 9.97 Å². The van der Waals surface area contributed by atoms with E-state index < -0.39 is 0 Å². The molecular weight excluding hydrogens is 262 g/mol. The maximum absolute atomic E-state index is 10.2. The lowest BCUT2D eigenvalue weighted by molar-refractivity contribution is 0.460. The Morgan fingerprint density at radius 3 is 2.76 bits per heavy atom. The smallest absolute Gasteiger partial charge is 0.199 e. The minimum Gasteiger partial charge on any atom is -0.494 e. The molecule has 102 valence electrons. The molecule has 4 nitrogen and oxygen atoms in total. The van der Waals surface area contributed by atoms with Gasteiger partial charge in [0.2, 0.25) is 0 Å². The Morgan fingerprint density at radius 2 is 1.86 bits per heavy atom. The molecule has 0 atom stereocenters. The summed E-state index contributed by atoms with van der Waals surface area (Å²) < 4.78 is 0. The molecule has 4 aromatic rings. The minimum atomic E-state index is 0.110. The van der Waals surface area contributed by atoms with Crippen molar-refractivity contribution in [3.05, 3.63) is 54.6 Å². The van der Waals surface area contributed by atoms with E-state index in [0.29, 0.717) is 11.3 Å². The van der Waals surface area contributed by atoms with Crippen molar-refractivity contribution in [3.8, 4) is 17.1 Å². The van der Waals surface area contributed by atoms with Crippen LogP contribution in [0.25, 0.3) is 33.1 Å².